The van der Waals surface area contributed by atoms with Gasteiger partial charge in [-0.15, -0.1) is 0 Å². The molecule has 3 N–H and O–H groups in total. The van der Waals surface area contributed by atoms with Crippen LogP contribution in [-0.4, -0.2) is 67.9 Å². The predicted octanol–water partition coefficient (Wildman–Crippen LogP) is 3.63. The summed E-state index contributed by atoms with van der Waals surface area (Å²) in [5.74, 6) is -1.30. The molecule has 0 saturated heterocycles. The first-order valence-corrected chi connectivity index (χ1v) is 15.2. The third kappa shape index (κ3) is 10.6. The van der Waals surface area contributed by atoms with E-state index in [9.17, 15) is 35.9 Å². The number of hydrogen-bond acceptors (Lipinski definition) is 6. The largest absolute Gasteiger partial charge is 0.493 e. The number of amides is 1. The molecule has 1 heterocycles. The van der Waals surface area contributed by atoms with Crippen LogP contribution in [0.5, 0.6) is 5.75 Å². The van der Waals surface area contributed by atoms with Gasteiger partial charge >= 0.3 is 6.18 Å². The Bertz CT molecular complexity index is 1260. The predicted molar refractivity (Wildman–Crippen MR) is 146 cm³/mol. The van der Waals surface area contributed by atoms with E-state index in [0.29, 0.717) is 36.9 Å². The van der Waals surface area contributed by atoms with Gasteiger partial charge in [-0.2, -0.15) is 13.2 Å². The first-order valence-electron chi connectivity index (χ1n) is 13.6. The molecule has 0 spiro atoms. The number of carbonyl (C=O) groups is 1. The fourth-order valence-corrected chi connectivity index (χ4v) is 6.14. The lowest BCUT2D eigenvalue weighted by atomic mass is 10.00. The highest BCUT2D eigenvalue weighted by Gasteiger charge is 2.30. The molecule has 2 bridgehead atoms. The van der Waals surface area contributed by atoms with E-state index in [1.54, 1.807) is 6.07 Å². The van der Waals surface area contributed by atoms with Crippen LogP contribution < -0.4 is 15.4 Å². The first-order chi connectivity index (χ1) is 19.4. The Morgan fingerprint density at radius 1 is 1.20 bits per heavy atom. The van der Waals surface area contributed by atoms with Gasteiger partial charge < -0.3 is 20.5 Å². The molecule has 2 atom stereocenters. The normalized spacial score (nSPS) is 20.1. The van der Waals surface area contributed by atoms with Gasteiger partial charge in [0, 0.05) is 38.7 Å². The number of halogens is 4. The van der Waals surface area contributed by atoms with Crippen molar-refractivity contribution in [1.82, 2.24) is 14.9 Å². The molecule has 0 fully saturated rings. The van der Waals surface area contributed by atoms with E-state index in [2.05, 4.69) is 10.6 Å². The lowest BCUT2D eigenvalue weighted by molar-refractivity contribution is -0.137. The van der Waals surface area contributed by atoms with Crippen molar-refractivity contribution < 1.29 is 40.6 Å². The summed E-state index contributed by atoms with van der Waals surface area (Å²) < 4.78 is 86.3. The van der Waals surface area contributed by atoms with Gasteiger partial charge in [-0.05, 0) is 55.0 Å². The lowest BCUT2D eigenvalue weighted by Gasteiger charge is -2.26. The van der Waals surface area contributed by atoms with Crippen LogP contribution in [0, 0.1) is 5.82 Å². The van der Waals surface area contributed by atoms with E-state index in [-0.39, 0.29) is 44.8 Å². The summed E-state index contributed by atoms with van der Waals surface area (Å²) in [6, 6.07) is 7.91. The number of nitrogens with one attached hydrogen (secondary N) is 2. The van der Waals surface area contributed by atoms with Crippen LogP contribution in [-0.2, 0) is 34.0 Å². The zero-order chi connectivity index (χ0) is 30.0. The first kappa shape index (κ1) is 32.8. The van der Waals surface area contributed by atoms with Gasteiger partial charge in [0.1, 0.15) is 11.6 Å². The fourth-order valence-electron chi connectivity index (χ4n) is 4.57. The lowest BCUT2D eigenvalue weighted by Crippen LogP contribution is -2.49. The number of benzene rings is 2. The molecule has 13 heteroatoms. The highest BCUT2D eigenvalue weighted by Crippen LogP contribution is 2.29. The maximum Gasteiger partial charge on any atom is 0.416 e. The van der Waals surface area contributed by atoms with Gasteiger partial charge in [-0.1, -0.05) is 25.1 Å². The number of ether oxygens (including phenoxy) is 1. The average molecular weight is 604 g/mol. The summed E-state index contributed by atoms with van der Waals surface area (Å²) in [4.78, 5) is 12.8. The number of sulfonamides is 1. The van der Waals surface area contributed by atoms with Gasteiger partial charge in [0.15, 0.2) is 0 Å². The highest BCUT2D eigenvalue weighted by atomic mass is 32.2. The summed E-state index contributed by atoms with van der Waals surface area (Å²) in [7, 11) is -3.71. The van der Waals surface area contributed by atoms with Crippen molar-refractivity contribution in [3.05, 3.63) is 65.0 Å². The standard InChI is InChI=1S/C28H37F4N3O5S/c1-2-9-35-10-3-4-11-40-24-15-21(14-23(29)17-24)16-25(34-27(37)8-12-41(35,38)39)26(36)19-33-18-20-6-5-7-22(13-20)28(30,31)32/h5-7,13-15,17,25-26,33,36H,2-4,8-12,16,18-19H2,1H3,(H,34,37). The van der Waals surface area contributed by atoms with E-state index in [4.69, 9.17) is 4.74 Å². The summed E-state index contributed by atoms with van der Waals surface area (Å²) in [5, 5.41) is 16.5. The summed E-state index contributed by atoms with van der Waals surface area (Å²) in [5.41, 5.74) is -0.00221. The number of aliphatic hydroxyl groups excluding tert-OH is 1. The second-order valence-electron chi connectivity index (χ2n) is 10.1. The summed E-state index contributed by atoms with van der Waals surface area (Å²) in [6.45, 7) is 2.61. The van der Waals surface area contributed by atoms with Crippen LogP contribution in [0.1, 0.15) is 49.3 Å². The second-order valence-corrected chi connectivity index (χ2v) is 12.2. The number of nitrogens with zero attached hydrogens (tertiary/aromatic N) is 1. The molecule has 0 radical (unpaired) electrons. The van der Waals surface area contributed by atoms with Gasteiger partial charge in [0.25, 0.3) is 0 Å². The zero-order valence-electron chi connectivity index (χ0n) is 22.9. The van der Waals surface area contributed by atoms with Crippen LogP contribution in [0.3, 0.4) is 0 Å². The van der Waals surface area contributed by atoms with Gasteiger partial charge in [-0.25, -0.2) is 17.1 Å². The number of alkyl halides is 3. The Balaban J connectivity index is 1.76. The second kappa shape index (κ2) is 14.9. The monoisotopic (exact) mass is 603 g/mol. The minimum Gasteiger partial charge on any atom is -0.493 e. The Morgan fingerprint density at radius 2 is 1.98 bits per heavy atom. The van der Waals surface area contributed by atoms with Crippen molar-refractivity contribution in [3.8, 4) is 5.75 Å². The van der Waals surface area contributed by atoms with E-state index in [1.165, 1.54) is 28.6 Å². The number of rotatable bonds is 7. The number of hydrogen-bond donors (Lipinski definition) is 3. The third-order valence-electron chi connectivity index (χ3n) is 6.66. The van der Waals surface area contributed by atoms with Crippen molar-refractivity contribution in [2.75, 3.05) is 32.0 Å². The molecule has 3 rings (SSSR count). The molecule has 0 aliphatic carbocycles. The quantitative estimate of drug-likeness (QED) is 0.418. The molecular formula is C28H37F4N3O5S. The van der Waals surface area contributed by atoms with Crippen molar-refractivity contribution in [2.24, 2.45) is 0 Å². The van der Waals surface area contributed by atoms with Crippen molar-refractivity contribution in [3.63, 3.8) is 0 Å². The Morgan fingerprint density at radius 3 is 2.71 bits per heavy atom. The molecule has 0 aromatic heterocycles. The molecule has 1 amide bonds. The smallest absolute Gasteiger partial charge is 0.416 e. The minimum atomic E-state index is -4.49. The molecule has 1 aliphatic heterocycles. The molecule has 41 heavy (non-hydrogen) atoms. The van der Waals surface area contributed by atoms with Crippen molar-refractivity contribution in [1.29, 1.82) is 0 Å². The highest BCUT2D eigenvalue weighted by molar-refractivity contribution is 7.89. The Labute approximate surface area is 238 Å². The van der Waals surface area contributed by atoms with Crippen LogP contribution in [0.2, 0.25) is 0 Å². The topological polar surface area (TPSA) is 108 Å². The van der Waals surface area contributed by atoms with Gasteiger partial charge in [-0.3, -0.25) is 4.79 Å². The van der Waals surface area contributed by atoms with Crippen LogP contribution in [0.4, 0.5) is 17.6 Å². The van der Waals surface area contributed by atoms with Crippen LogP contribution >= 0.6 is 0 Å². The maximum atomic E-state index is 14.4. The van der Waals surface area contributed by atoms with Gasteiger partial charge in [0.2, 0.25) is 15.9 Å². The number of carbonyl (C=O) groups excluding carboxylic acids is 1. The van der Waals surface area contributed by atoms with E-state index < -0.39 is 51.4 Å². The molecule has 8 nitrogen and oxygen atoms in total. The van der Waals surface area contributed by atoms with E-state index in [0.717, 1.165) is 12.1 Å². The van der Waals surface area contributed by atoms with Gasteiger partial charge in [0.05, 0.1) is 30.1 Å². The van der Waals surface area contributed by atoms with E-state index in [1.807, 2.05) is 6.92 Å². The molecular weight excluding hydrogens is 566 g/mol. The molecule has 2 unspecified atom stereocenters. The van der Waals surface area contributed by atoms with Crippen LogP contribution in [0.25, 0.3) is 0 Å². The van der Waals surface area contributed by atoms with Crippen molar-refractivity contribution in [2.45, 2.75) is 63.9 Å². The van der Waals surface area contributed by atoms with E-state index >= 15 is 0 Å². The Hall–Kier alpha value is -2.74. The fraction of sp³-hybridized carbons (Fsp3) is 0.536. The Kier molecular flexibility index (Phi) is 11.9. The summed E-state index contributed by atoms with van der Waals surface area (Å²) in [6.07, 6.45) is -4.36. The van der Waals surface area contributed by atoms with Crippen molar-refractivity contribution >= 4 is 15.9 Å². The third-order valence-corrected chi connectivity index (χ3v) is 8.53. The molecule has 2 aromatic rings. The molecule has 228 valence electrons. The zero-order valence-corrected chi connectivity index (χ0v) is 23.7. The molecule has 1 aliphatic rings. The average Bonchev–Trinajstić information content (AvgIpc) is 2.89. The molecule has 0 saturated carbocycles. The minimum absolute atomic E-state index is 0.000967. The SMILES string of the molecule is CCCN1CCCCOc2cc(F)cc(c2)CC(C(O)CNCc2cccc(C(F)(F)F)c2)NC(=O)CCS1(=O)=O. The summed E-state index contributed by atoms with van der Waals surface area (Å²) >= 11 is 0. The number of fused-ring (bicyclic) bond motifs is 2. The van der Waals surface area contributed by atoms with Crippen LogP contribution in [0.15, 0.2) is 42.5 Å². The number of aliphatic hydroxyl groups is 1. The maximum absolute atomic E-state index is 14.4. The molecule has 2 aromatic carbocycles.